The Morgan fingerprint density at radius 2 is 1.81 bits per heavy atom. The minimum atomic E-state index is -0.205. The predicted molar refractivity (Wildman–Crippen MR) is 62.1 cm³/mol. The lowest BCUT2D eigenvalue weighted by Crippen LogP contribution is -1.92. The summed E-state index contributed by atoms with van der Waals surface area (Å²) in [5, 5.41) is 1.48. The number of aryl methyl sites for hydroxylation is 2. The summed E-state index contributed by atoms with van der Waals surface area (Å²) in [6.45, 7) is 3.89. The van der Waals surface area contributed by atoms with Gasteiger partial charge in [-0.1, -0.05) is 24.3 Å². The third-order valence-electron chi connectivity index (χ3n) is 3.05. The highest BCUT2D eigenvalue weighted by molar-refractivity contribution is 5.94. The van der Waals surface area contributed by atoms with E-state index in [1.54, 1.807) is 6.07 Å². The van der Waals surface area contributed by atoms with Gasteiger partial charge in [0.25, 0.3) is 0 Å². The molecule has 0 saturated carbocycles. The van der Waals surface area contributed by atoms with E-state index in [0.717, 1.165) is 22.4 Å². The Morgan fingerprint density at radius 3 is 2.56 bits per heavy atom. The molecule has 0 amide bonds. The van der Waals surface area contributed by atoms with Gasteiger partial charge in [-0.05, 0) is 13.8 Å². The van der Waals surface area contributed by atoms with Crippen molar-refractivity contribution >= 4 is 16.4 Å². The number of benzene rings is 1. The van der Waals surface area contributed by atoms with Crippen molar-refractivity contribution < 1.29 is 4.39 Å². The maximum Gasteiger partial charge on any atom is 0.147 e. The molecule has 3 aromatic rings. The smallest absolute Gasteiger partial charge is 0.147 e. The van der Waals surface area contributed by atoms with Crippen LogP contribution in [0.15, 0.2) is 30.5 Å². The Bertz CT molecular complexity index is 698. The van der Waals surface area contributed by atoms with Crippen molar-refractivity contribution in [3.8, 4) is 0 Å². The van der Waals surface area contributed by atoms with E-state index in [1.165, 1.54) is 6.20 Å². The fourth-order valence-electron chi connectivity index (χ4n) is 2.04. The van der Waals surface area contributed by atoms with Gasteiger partial charge in [-0.2, -0.15) is 0 Å². The van der Waals surface area contributed by atoms with Gasteiger partial charge in [-0.25, -0.2) is 9.37 Å². The summed E-state index contributed by atoms with van der Waals surface area (Å²) >= 11 is 0. The van der Waals surface area contributed by atoms with Gasteiger partial charge in [0.05, 0.1) is 5.69 Å². The van der Waals surface area contributed by atoms with Gasteiger partial charge >= 0.3 is 0 Å². The highest BCUT2D eigenvalue weighted by Crippen LogP contribution is 2.24. The molecule has 0 unspecified atom stereocenters. The third-order valence-corrected chi connectivity index (χ3v) is 3.05. The van der Waals surface area contributed by atoms with Crippen LogP contribution < -0.4 is 0 Å². The molecule has 0 aliphatic rings. The van der Waals surface area contributed by atoms with Crippen LogP contribution in [0.5, 0.6) is 0 Å². The van der Waals surface area contributed by atoms with Crippen LogP contribution in [0.1, 0.15) is 11.4 Å². The molecule has 1 aromatic carbocycles. The van der Waals surface area contributed by atoms with E-state index in [-0.39, 0.29) is 5.82 Å². The number of halogens is 1. The number of hydrogen-bond acceptors (Lipinski definition) is 1. The number of nitrogens with zero attached hydrogens (tertiary/aromatic N) is 2. The summed E-state index contributed by atoms with van der Waals surface area (Å²) in [6.07, 6.45) is 1.51. The fraction of sp³-hybridized carbons (Fsp3) is 0.154. The molecular formula is C13H11FN2. The molecule has 0 N–H and O–H groups in total. The number of hydrogen-bond donors (Lipinski definition) is 0. The molecule has 0 aliphatic heterocycles. The van der Waals surface area contributed by atoms with E-state index >= 15 is 0 Å². The lowest BCUT2D eigenvalue weighted by Gasteiger charge is -2.03. The van der Waals surface area contributed by atoms with Crippen LogP contribution in [0, 0.1) is 19.7 Å². The minimum Gasteiger partial charge on any atom is -0.301 e. The first-order chi connectivity index (χ1) is 7.68. The Kier molecular flexibility index (Phi) is 1.78. The summed E-state index contributed by atoms with van der Waals surface area (Å²) in [5.74, 6) is -0.205. The highest BCUT2D eigenvalue weighted by atomic mass is 19.1. The van der Waals surface area contributed by atoms with Crippen LogP contribution in [0.4, 0.5) is 4.39 Å². The molecule has 2 aromatic heterocycles. The molecule has 0 bridgehead atoms. The minimum absolute atomic E-state index is 0.205. The molecule has 0 fully saturated rings. The van der Waals surface area contributed by atoms with E-state index in [1.807, 2.05) is 36.4 Å². The van der Waals surface area contributed by atoms with Crippen LogP contribution in [0.25, 0.3) is 16.4 Å². The van der Waals surface area contributed by atoms with Gasteiger partial charge < -0.3 is 4.40 Å². The first kappa shape index (κ1) is 9.33. The van der Waals surface area contributed by atoms with Crippen LogP contribution in [-0.4, -0.2) is 9.38 Å². The Labute approximate surface area is 92.3 Å². The van der Waals surface area contributed by atoms with Crippen molar-refractivity contribution in [3.63, 3.8) is 0 Å². The lowest BCUT2D eigenvalue weighted by molar-refractivity contribution is 0.631. The van der Waals surface area contributed by atoms with Crippen molar-refractivity contribution in [2.45, 2.75) is 13.8 Å². The maximum atomic E-state index is 13.9. The predicted octanol–water partition coefficient (Wildman–Crippen LogP) is 3.24. The summed E-state index contributed by atoms with van der Waals surface area (Å²) < 4.78 is 15.7. The highest BCUT2D eigenvalue weighted by Gasteiger charge is 2.10. The molecule has 16 heavy (non-hydrogen) atoms. The monoisotopic (exact) mass is 214 g/mol. The molecule has 0 spiro atoms. The zero-order chi connectivity index (χ0) is 11.3. The van der Waals surface area contributed by atoms with Crippen molar-refractivity contribution in [1.29, 1.82) is 0 Å². The quantitative estimate of drug-likeness (QED) is 0.561. The lowest BCUT2D eigenvalue weighted by atomic mass is 10.1. The summed E-state index contributed by atoms with van der Waals surface area (Å²) in [5.41, 5.74) is 2.75. The number of imidazole rings is 1. The van der Waals surface area contributed by atoms with Crippen LogP contribution >= 0.6 is 0 Å². The van der Waals surface area contributed by atoms with E-state index < -0.39 is 0 Å². The van der Waals surface area contributed by atoms with Crippen LogP contribution in [0.2, 0.25) is 0 Å². The number of fused-ring (bicyclic) bond motifs is 3. The molecule has 0 radical (unpaired) electrons. The fourth-order valence-corrected chi connectivity index (χ4v) is 2.04. The first-order valence-electron chi connectivity index (χ1n) is 5.21. The standard InChI is InChI=1S/C13H11FN2/c1-8-9(2)16-7-12(14)10-5-3-4-6-11(10)13(16)15-8/h3-7H,1-2H3. The third kappa shape index (κ3) is 1.08. The molecule has 0 atom stereocenters. The van der Waals surface area contributed by atoms with Crippen molar-refractivity contribution in [1.82, 2.24) is 9.38 Å². The molecule has 80 valence electrons. The number of pyridine rings is 1. The zero-order valence-corrected chi connectivity index (χ0v) is 9.16. The molecule has 3 heteroatoms. The topological polar surface area (TPSA) is 17.3 Å². The number of aromatic nitrogens is 2. The molecule has 2 heterocycles. The molecule has 0 aliphatic carbocycles. The second kappa shape index (κ2) is 3.04. The summed E-state index contributed by atoms with van der Waals surface area (Å²) in [6, 6.07) is 7.43. The van der Waals surface area contributed by atoms with Gasteiger partial charge in [0, 0.05) is 22.7 Å². The SMILES string of the molecule is Cc1nc2c3ccccc3c(F)cn2c1C. The second-order valence-electron chi connectivity index (χ2n) is 4.00. The van der Waals surface area contributed by atoms with E-state index in [2.05, 4.69) is 4.98 Å². The van der Waals surface area contributed by atoms with Gasteiger partial charge in [0.1, 0.15) is 11.5 Å². The summed E-state index contributed by atoms with van der Waals surface area (Å²) in [7, 11) is 0. The molecule has 3 rings (SSSR count). The molecule has 2 nitrogen and oxygen atoms in total. The first-order valence-corrected chi connectivity index (χ1v) is 5.21. The number of rotatable bonds is 0. The average molecular weight is 214 g/mol. The normalized spacial score (nSPS) is 11.4. The zero-order valence-electron chi connectivity index (χ0n) is 9.16. The van der Waals surface area contributed by atoms with Crippen molar-refractivity contribution in [3.05, 3.63) is 47.7 Å². The van der Waals surface area contributed by atoms with Gasteiger partial charge in [-0.15, -0.1) is 0 Å². The van der Waals surface area contributed by atoms with Crippen molar-refractivity contribution in [2.24, 2.45) is 0 Å². The van der Waals surface area contributed by atoms with Crippen molar-refractivity contribution in [2.75, 3.05) is 0 Å². The Hall–Kier alpha value is -1.90. The van der Waals surface area contributed by atoms with E-state index in [0.29, 0.717) is 5.39 Å². The Morgan fingerprint density at radius 1 is 1.12 bits per heavy atom. The molecule has 0 saturated heterocycles. The van der Waals surface area contributed by atoms with Crippen LogP contribution in [0.3, 0.4) is 0 Å². The Balaban J connectivity index is 2.64. The van der Waals surface area contributed by atoms with Gasteiger partial charge in [-0.3, -0.25) is 0 Å². The second-order valence-corrected chi connectivity index (χ2v) is 4.00. The van der Waals surface area contributed by atoms with E-state index in [4.69, 9.17) is 0 Å². The van der Waals surface area contributed by atoms with E-state index in [9.17, 15) is 4.39 Å². The largest absolute Gasteiger partial charge is 0.301 e. The molecular weight excluding hydrogens is 203 g/mol. The van der Waals surface area contributed by atoms with Gasteiger partial charge in [0.15, 0.2) is 0 Å². The summed E-state index contributed by atoms with van der Waals surface area (Å²) in [4.78, 5) is 4.48. The van der Waals surface area contributed by atoms with Crippen LogP contribution in [-0.2, 0) is 0 Å². The van der Waals surface area contributed by atoms with Gasteiger partial charge in [0.2, 0.25) is 0 Å². The average Bonchev–Trinajstić information content (AvgIpc) is 2.57. The maximum absolute atomic E-state index is 13.9.